The molecule has 2 rings (SSSR count). The second-order valence-corrected chi connectivity index (χ2v) is 5.00. The molecule has 16 heavy (non-hydrogen) atoms. The maximum absolute atomic E-state index is 6.36. The summed E-state index contributed by atoms with van der Waals surface area (Å²) in [6.07, 6.45) is 7.73. The second-order valence-electron chi connectivity index (χ2n) is 4.44. The van der Waals surface area contributed by atoms with Gasteiger partial charge in [0.05, 0.1) is 6.54 Å². The molecule has 0 radical (unpaired) electrons. The standard InChI is InChI=1S/C11H19ClN4/c1-16-11(14-8-15-16)7-13-10-6-4-2-3-5-9(10)12/h8-10,13H,2-7H2,1H3. The highest BCUT2D eigenvalue weighted by Crippen LogP contribution is 2.22. The summed E-state index contributed by atoms with van der Waals surface area (Å²) >= 11 is 6.36. The van der Waals surface area contributed by atoms with Crippen molar-refractivity contribution in [1.29, 1.82) is 0 Å². The SMILES string of the molecule is Cn1ncnc1CNC1CCCCCC1Cl. The van der Waals surface area contributed by atoms with Gasteiger partial charge in [0, 0.05) is 18.5 Å². The third kappa shape index (κ3) is 2.95. The topological polar surface area (TPSA) is 42.7 Å². The predicted octanol–water partition coefficient (Wildman–Crippen LogP) is 1.84. The lowest BCUT2D eigenvalue weighted by atomic mass is 10.1. The molecule has 0 amide bonds. The van der Waals surface area contributed by atoms with Crippen LogP contribution in [0, 0.1) is 0 Å². The second kappa shape index (κ2) is 5.64. The van der Waals surface area contributed by atoms with Gasteiger partial charge in [0.1, 0.15) is 12.2 Å². The van der Waals surface area contributed by atoms with Crippen molar-refractivity contribution in [2.45, 2.75) is 50.1 Å². The highest BCUT2D eigenvalue weighted by Gasteiger charge is 2.21. The van der Waals surface area contributed by atoms with E-state index in [1.54, 1.807) is 11.0 Å². The van der Waals surface area contributed by atoms with Crippen molar-refractivity contribution in [2.24, 2.45) is 7.05 Å². The summed E-state index contributed by atoms with van der Waals surface area (Å²) < 4.78 is 1.80. The summed E-state index contributed by atoms with van der Waals surface area (Å²) in [5.74, 6) is 0.966. The Balaban J connectivity index is 1.86. The van der Waals surface area contributed by atoms with Crippen LogP contribution in [0.3, 0.4) is 0 Å². The summed E-state index contributed by atoms with van der Waals surface area (Å²) in [5, 5.41) is 7.81. The van der Waals surface area contributed by atoms with Gasteiger partial charge >= 0.3 is 0 Å². The van der Waals surface area contributed by atoms with Gasteiger partial charge in [-0.05, 0) is 12.8 Å². The zero-order valence-electron chi connectivity index (χ0n) is 9.69. The molecule has 1 aliphatic carbocycles. The zero-order chi connectivity index (χ0) is 11.4. The molecule has 1 heterocycles. The quantitative estimate of drug-likeness (QED) is 0.650. The number of hydrogen-bond donors (Lipinski definition) is 1. The Morgan fingerprint density at radius 3 is 3.00 bits per heavy atom. The van der Waals surface area contributed by atoms with Crippen LogP contribution in [-0.2, 0) is 13.6 Å². The summed E-state index contributed by atoms with van der Waals surface area (Å²) in [6, 6.07) is 0.417. The van der Waals surface area contributed by atoms with Crippen molar-refractivity contribution in [3.63, 3.8) is 0 Å². The van der Waals surface area contributed by atoms with Gasteiger partial charge in [-0.2, -0.15) is 5.10 Å². The van der Waals surface area contributed by atoms with Crippen molar-refractivity contribution in [1.82, 2.24) is 20.1 Å². The normalized spacial score (nSPS) is 26.6. The third-order valence-electron chi connectivity index (χ3n) is 3.26. The van der Waals surface area contributed by atoms with Crippen LogP contribution in [0.25, 0.3) is 0 Å². The molecule has 5 heteroatoms. The number of aryl methyl sites for hydroxylation is 1. The zero-order valence-corrected chi connectivity index (χ0v) is 10.5. The first kappa shape index (κ1) is 11.9. The van der Waals surface area contributed by atoms with Crippen molar-refractivity contribution in [3.05, 3.63) is 12.2 Å². The molecule has 4 nitrogen and oxygen atoms in total. The van der Waals surface area contributed by atoms with Crippen LogP contribution in [0.1, 0.15) is 37.9 Å². The van der Waals surface area contributed by atoms with E-state index in [0.29, 0.717) is 6.04 Å². The van der Waals surface area contributed by atoms with E-state index in [1.165, 1.54) is 25.7 Å². The van der Waals surface area contributed by atoms with E-state index in [9.17, 15) is 0 Å². The van der Waals surface area contributed by atoms with Crippen LogP contribution >= 0.6 is 11.6 Å². The van der Waals surface area contributed by atoms with Crippen molar-refractivity contribution in [3.8, 4) is 0 Å². The molecule has 2 atom stereocenters. The number of nitrogens with one attached hydrogen (secondary N) is 1. The Labute approximate surface area is 101 Å². The molecule has 2 unspecified atom stereocenters. The fourth-order valence-electron chi connectivity index (χ4n) is 2.19. The Morgan fingerprint density at radius 2 is 2.25 bits per heavy atom. The van der Waals surface area contributed by atoms with Gasteiger partial charge in [0.2, 0.25) is 0 Å². The highest BCUT2D eigenvalue weighted by molar-refractivity contribution is 6.21. The van der Waals surface area contributed by atoms with E-state index in [4.69, 9.17) is 11.6 Å². The minimum atomic E-state index is 0.260. The molecule has 1 fully saturated rings. The minimum Gasteiger partial charge on any atom is -0.306 e. The number of hydrogen-bond acceptors (Lipinski definition) is 3. The maximum Gasteiger partial charge on any atom is 0.140 e. The first-order chi connectivity index (χ1) is 7.77. The first-order valence-electron chi connectivity index (χ1n) is 5.97. The van der Waals surface area contributed by atoms with Crippen LogP contribution in [0.4, 0.5) is 0 Å². The highest BCUT2D eigenvalue weighted by atomic mass is 35.5. The first-order valence-corrected chi connectivity index (χ1v) is 6.41. The van der Waals surface area contributed by atoms with Crippen LogP contribution in [0.15, 0.2) is 6.33 Å². The fraction of sp³-hybridized carbons (Fsp3) is 0.818. The van der Waals surface area contributed by atoms with E-state index in [-0.39, 0.29) is 5.38 Å². The Bertz CT molecular complexity index is 326. The molecule has 0 aliphatic heterocycles. The van der Waals surface area contributed by atoms with Gasteiger partial charge in [-0.1, -0.05) is 19.3 Å². The average Bonchev–Trinajstić information content (AvgIpc) is 2.56. The van der Waals surface area contributed by atoms with Gasteiger partial charge in [0.15, 0.2) is 0 Å². The van der Waals surface area contributed by atoms with E-state index in [0.717, 1.165) is 18.8 Å². The number of halogens is 1. The largest absolute Gasteiger partial charge is 0.306 e. The molecule has 90 valence electrons. The fourth-order valence-corrected chi connectivity index (χ4v) is 2.56. The number of nitrogens with zero attached hydrogens (tertiary/aromatic N) is 3. The molecule has 1 aliphatic rings. The number of aromatic nitrogens is 3. The minimum absolute atomic E-state index is 0.260. The molecular weight excluding hydrogens is 224 g/mol. The molecule has 1 aromatic heterocycles. The molecule has 1 saturated carbocycles. The number of alkyl halides is 1. The molecule has 0 saturated heterocycles. The molecule has 0 aromatic carbocycles. The molecule has 1 aromatic rings. The van der Waals surface area contributed by atoms with Gasteiger partial charge < -0.3 is 5.32 Å². The van der Waals surface area contributed by atoms with E-state index in [2.05, 4.69) is 15.4 Å². The summed E-state index contributed by atoms with van der Waals surface area (Å²) in [7, 11) is 1.91. The van der Waals surface area contributed by atoms with Crippen LogP contribution < -0.4 is 5.32 Å². The van der Waals surface area contributed by atoms with Crippen LogP contribution in [0.5, 0.6) is 0 Å². The smallest absolute Gasteiger partial charge is 0.140 e. The Hall–Kier alpha value is -0.610. The van der Waals surface area contributed by atoms with Crippen molar-refractivity contribution < 1.29 is 0 Å². The summed E-state index contributed by atoms with van der Waals surface area (Å²) in [4.78, 5) is 4.19. The number of rotatable bonds is 3. The lowest BCUT2D eigenvalue weighted by Gasteiger charge is -2.20. The Kier molecular flexibility index (Phi) is 4.18. The lowest BCUT2D eigenvalue weighted by Crippen LogP contribution is -2.36. The molecule has 0 spiro atoms. The average molecular weight is 243 g/mol. The van der Waals surface area contributed by atoms with Crippen molar-refractivity contribution in [2.75, 3.05) is 0 Å². The van der Waals surface area contributed by atoms with Crippen molar-refractivity contribution >= 4 is 11.6 Å². The van der Waals surface area contributed by atoms with Gasteiger partial charge in [0.25, 0.3) is 0 Å². The molecule has 1 N–H and O–H groups in total. The monoisotopic (exact) mass is 242 g/mol. The van der Waals surface area contributed by atoms with Gasteiger partial charge in [-0.15, -0.1) is 11.6 Å². The Morgan fingerprint density at radius 1 is 1.44 bits per heavy atom. The third-order valence-corrected chi connectivity index (χ3v) is 3.78. The van der Waals surface area contributed by atoms with Crippen LogP contribution in [-0.4, -0.2) is 26.2 Å². The van der Waals surface area contributed by atoms with E-state index in [1.807, 2.05) is 7.05 Å². The predicted molar refractivity (Wildman–Crippen MR) is 64.4 cm³/mol. The maximum atomic E-state index is 6.36. The van der Waals surface area contributed by atoms with Gasteiger partial charge in [-0.3, -0.25) is 4.68 Å². The lowest BCUT2D eigenvalue weighted by molar-refractivity contribution is 0.451. The van der Waals surface area contributed by atoms with E-state index < -0.39 is 0 Å². The van der Waals surface area contributed by atoms with E-state index >= 15 is 0 Å². The molecule has 0 bridgehead atoms. The summed E-state index contributed by atoms with van der Waals surface area (Å²) in [5.41, 5.74) is 0. The van der Waals surface area contributed by atoms with Gasteiger partial charge in [-0.25, -0.2) is 4.98 Å². The summed E-state index contributed by atoms with van der Waals surface area (Å²) in [6.45, 7) is 0.754. The van der Waals surface area contributed by atoms with Crippen LogP contribution in [0.2, 0.25) is 0 Å². The molecular formula is C11H19ClN4.